The van der Waals surface area contributed by atoms with Crippen molar-refractivity contribution in [1.82, 2.24) is 0 Å². The van der Waals surface area contributed by atoms with Crippen LogP contribution < -0.4 is 14.8 Å². The van der Waals surface area contributed by atoms with Gasteiger partial charge in [0.2, 0.25) is 0 Å². The van der Waals surface area contributed by atoms with Gasteiger partial charge in [0.05, 0.1) is 6.61 Å². The summed E-state index contributed by atoms with van der Waals surface area (Å²) in [4.78, 5) is 12.1. The molecule has 0 aromatic heterocycles. The van der Waals surface area contributed by atoms with Gasteiger partial charge in [-0.3, -0.25) is 4.79 Å². The van der Waals surface area contributed by atoms with Gasteiger partial charge in [-0.05, 0) is 53.9 Å². The lowest BCUT2D eigenvalue weighted by molar-refractivity contribution is -0.118. The molecular weight excluding hydrogens is 350 g/mol. The number of rotatable bonds is 9. The molecule has 0 heterocycles. The van der Waals surface area contributed by atoms with Gasteiger partial charge in [0, 0.05) is 5.69 Å². The van der Waals surface area contributed by atoms with Crippen LogP contribution >= 0.6 is 0 Å². The highest BCUT2D eigenvalue weighted by molar-refractivity contribution is 5.91. The molecule has 4 nitrogen and oxygen atoms in total. The Kier molecular flexibility index (Phi) is 7.08. The molecule has 3 aromatic rings. The molecule has 0 unspecified atom stereocenters. The third-order valence-electron chi connectivity index (χ3n) is 4.24. The van der Waals surface area contributed by atoms with Crippen molar-refractivity contribution in [2.45, 2.75) is 19.8 Å². The van der Waals surface area contributed by atoms with Crippen molar-refractivity contribution in [2.24, 2.45) is 0 Å². The monoisotopic (exact) mass is 375 g/mol. The first kappa shape index (κ1) is 19.5. The van der Waals surface area contributed by atoms with E-state index in [9.17, 15) is 4.79 Å². The fourth-order valence-electron chi connectivity index (χ4n) is 2.69. The Morgan fingerprint density at radius 1 is 0.786 bits per heavy atom. The van der Waals surface area contributed by atoms with Crippen LogP contribution in [0.4, 0.5) is 5.69 Å². The lowest BCUT2D eigenvalue weighted by Crippen LogP contribution is -2.20. The van der Waals surface area contributed by atoms with E-state index in [1.165, 1.54) is 0 Å². The summed E-state index contributed by atoms with van der Waals surface area (Å²) in [6, 6.07) is 25.2. The number of benzene rings is 3. The van der Waals surface area contributed by atoms with E-state index in [1.54, 1.807) is 0 Å². The van der Waals surface area contributed by atoms with Gasteiger partial charge < -0.3 is 14.8 Å². The second-order valence-electron chi connectivity index (χ2n) is 6.45. The third kappa shape index (κ3) is 5.88. The van der Waals surface area contributed by atoms with E-state index in [0.29, 0.717) is 12.4 Å². The molecule has 3 rings (SSSR count). The van der Waals surface area contributed by atoms with Gasteiger partial charge in [0.25, 0.3) is 5.91 Å². The van der Waals surface area contributed by atoms with Gasteiger partial charge in [-0.15, -0.1) is 0 Å². The molecule has 4 heteroatoms. The van der Waals surface area contributed by atoms with E-state index < -0.39 is 0 Å². The van der Waals surface area contributed by atoms with E-state index in [2.05, 4.69) is 24.4 Å². The van der Waals surface area contributed by atoms with Gasteiger partial charge in [0.15, 0.2) is 6.61 Å². The second-order valence-corrected chi connectivity index (χ2v) is 6.45. The Bertz CT molecular complexity index is 859. The number of carbonyl (C=O) groups excluding carboxylic acids is 1. The number of amides is 1. The molecular formula is C24H25NO3. The summed E-state index contributed by atoms with van der Waals surface area (Å²) >= 11 is 0. The first-order chi connectivity index (χ1) is 13.7. The second kappa shape index (κ2) is 10.2. The molecule has 0 atom stereocenters. The van der Waals surface area contributed by atoms with Gasteiger partial charge in [-0.1, -0.05) is 55.8 Å². The minimum atomic E-state index is -0.202. The molecule has 0 saturated heterocycles. The molecule has 0 radical (unpaired) electrons. The van der Waals surface area contributed by atoms with Crippen molar-refractivity contribution < 1.29 is 14.3 Å². The van der Waals surface area contributed by atoms with Crippen molar-refractivity contribution in [3.05, 3.63) is 78.9 Å². The quantitative estimate of drug-likeness (QED) is 0.499. The van der Waals surface area contributed by atoms with E-state index in [1.807, 2.05) is 66.7 Å². The summed E-state index contributed by atoms with van der Waals surface area (Å²) in [5.74, 6) is 1.27. The first-order valence-electron chi connectivity index (χ1n) is 9.55. The Balaban J connectivity index is 1.46. The number of anilines is 1. The Morgan fingerprint density at radius 2 is 1.39 bits per heavy atom. The molecule has 1 N–H and O–H groups in total. The van der Waals surface area contributed by atoms with Gasteiger partial charge >= 0.3 is 0 Å². The summed E-state index contributed by atoms with van der Waals surface area (Å²) < 4.78 is 11.2. The summed E-state index contributed by atoms with van der Waals surface area (Å²) in [5.41, 5.74) is 2.98. The Morgan fingerprint density at radius 3 is 2.07 bits per heavy atom. The molecule has 1 amide bonds. The topological polar surface area (TPSA) is 47.6 Å². The zero-order valence-corrected chi connectivity index (χ0v) is 16.1. The van der Waals surface area contributed by atoms with Crippen molar-refractivity contribution in [3.63, 3.8) is 0 Å². The molecule has 0 bridgehead atoms. The van der Waals surface area contributed by atoms with Crippen molar-refractivity contribution >= 4 is 11.6 Å². The summed E-state index contributed by atoms with van der Waals surface area (Å²) in [6.45, 7) is 2.79. The lowest BCUT2D eigenvalue weighted by Gasteiger charge is -2.09. The number of nitrogens with one attached hydrogen (secondary N) is 1. The maximum Gasteiger partial charge on any atom is 0.262 e. The van der Waals surface area contributed by atoms with Crippen LogP contribution in [0.5, 0.6) is 11.5 Å². The highest BCUT2D eigenvalue weighted by Crippen LogP contribution is 2.22. The Labute approximate surface area is 166 Å². The summed E-state index contributed by atoms with van der Waals surface area (Å²) in [6.07, 6.45) is 2.13. The maximum atomic E-state index is 12.1. The van der Waals surface area contributed by atoms with Crippen LogP contribution in [0.1, 0.15) is 19.8 Å². The van der Waals surface area contributed by atoms with Crippen LogP contribution in [0.3, 0.4) is 0 Å². The van der Waals surface area contributed by atoms with Crippen molar-refractivity contribution in [1.29, 1.82) is 0 Å². The largest absolute Gasteiger partial charge is 0.494 e. The van der Waals surface area contributed by atoms with Crippen LogP contribution in [0.2, 0.25) is 0 Å². The molecule has 0 fully saturated rings. The van der Waals surface area contributed by atoms with Crippen LogP contribution in [-0.2, 0) is 4.79 Å². The van der Waals surface area contributed by atoms with Crippen LogP contribution in [0.15, 0.2) is 78.9 Å². The predicted molar refractivity (Wildman–Crippen MR) is 113 cm³/mol. The number of hydrogen-bond donors (Lipinski definition) is 1. The van der Waals surface area contributed by atoms with Crippen molar-refractivity contribution in [3.8, 4) is 22.6 Å². The highest BCUT2D eigenvalue weighted by atomic mass is 16.5. The fourth-order valence-corrected chi connectivity index (χ4v) is 2.69. The van der Waals surface area contributed by atoms with E-state index in [4.69, 9.17) is 9.47 Å². The first-order valence-corrected chi connectivity index (χ1v) is 9.55. The normalized spacial score (nSPS) is 10.3. The molecule has 28 heavy (non-hydrogen) atoms. The zero-order valence-electron chi connectivity index (χ0n) is 16.1. The van der Waals surface area contributed by atoms with Gasteiger partial charge in [-0.2, -0.15) is 0 Å². The third-order valence-corrected chi connectivity index (χ3v) is 4.24. The van der Waals surface area contributed by atoms with Crippen molar-refractivity contribution in [2.75, 3.05) is 18.5 Å². The lowest BCUT2D eigenvalue weighted by atomic mass is 10.1. The fraction of sp³-hybridized carbons (Fsp3) is 0.208. The van der Waals surface area contributed by atoms with Crippen LogP contribution in [-0.4, -0.2) is 19.1 Å². The summed E-state index contributed by atoms with van der Waals surface area (Å²) in [7, 11) is 0. The Hall–Kier alpha value is -3.27. The molecule has 0 aliphatic rings. The van der Waals surface area contributed by atoms with E-state index in [-0.39, 0.29) is 12.5 Å². The number of hydrogen-bond acceptors (Lipinski definition) is 3. The average Bonchev–Trinajstić information content (AvgIpc) is 2.75. The standard InChI is InChI=1S/C24H25NO3/c1-2-3-17-27-22-15-11-21(12-16-22)25-24(26)18-28-23-13-9-20(10-14-23)19-7-5-4-6-8-19/h4-16H,2-3,17-18H2,1H3,(H,25,26). The molecule has 144 valence electrons. The van der Waals surface area contributed by atoms with E-state index in [0.717, 1.165) is 35.4 Å². The molecule has 0 saturated carbocycles. The number of unbranched alkanes of at least 4 members (excludes halogenated alkanes) is 1. The van der Waals surface area contributed by atoms with E-state index >= 15 is 0 Å². The predicted octanol–water partition coefficient (Wildman–Crippen LogP) is 5.55. The molecule has 0 aliphatic heterocycles. The SMILES string of the molecule is CCCCOc1ccc(NC(=O)COc2ccc(-c3ccccc3)cc2)cc1. The minimum Gasteiger partial charge on any atom is -0.494 e. The van der Waals surface area contributed by atoms with Gasteiger partial charge in [0.1, 0.15) is 11.5 Å². The van der Waals surface area contributed by atoms with Gasteiger partial charge in [-0.25, -0.2) is 0 Å². The molecule has 0 aliphatic carbocycles. The minimum absolute atomic E-state index is 0.0422. The average molecular weight is 375 g/mol. The zero-order chi connectivity index (χ0) is 19.6. The molecule has 3 aromatic carbocycles. The summed E-state index contributed by atoms with van der Waals surface area (Å²) in [5, 5.41) is 2.82. The van der Waals surface area contributed by atoms with Crippen LogP contribution in [0.25, 0.3) is 11.1 Å². The molecule has 0 spiro atoms. The van der Waals surface area contributed by atoms with Crippen LogP contribution in [0, 0.1) is 0 Å². The smallest absolute Gasteiger partial charge is 0.262 e. The maximum absolute atomic E-state index is 12.1. The highest BCUT2D eigenvalue weighted by Gasteiger charge is 2.05. The number of ether oxygens (including phenoxy) is 2. The number of carbonyl (C=O) groups is 1.